The van der Waals surface area contributed by atoms with E-state index in [0.29, 0.717) is 27.9 Å². The van der Waals surface area contributed by atoms with Crippen LogP contribution < -0.4 is 21.1 Å². The van der Waals surface area contributed by atoms with Gasteiger partial charge in [-0.2, -0.15) is 4.98 Å². The molecule has 0 radical (unpaired) electrons. The standard InChI is InChI=1S/C23H28BrN7O/c1-2-25-16-9-10-30(14-16)18-7-8-20(26-13-18)28-23-27-12-15-11-19(24)22(32)31(21(15)29-23)17-5-3-4-6-17/h7-8,11-13,16-17,25H,2-6,9-10,14H2,1H3,(H,26,27,28,29). The van der Waals surface area contributed by atoms with Crippen molar-refractivity contribution in [2.24, 2.45) is 0 Å². The topological polar surface area (TPSA) is 88.0 Å². The predicted molar refractivity (Wildman–Crippen MR) is 131 cm³/mol. The molecule has 3 aromatic heterocycles. The molecular formula is C23H28BrN7O. The van der Waals surface area contributed by atoms with Crippen LogP contribution in [0.3, 0.4) is 0 Å². The SMILES string of the molecule is CCNC1CCN(c2ccc(Nc3ncc4cc(Br)c(=O)n(C5CCCC5)c4n3)nc2)C1. The minimum absolute atomic E-state index is 0.0296. The van der Waals surface area contributed by atoms with E-state index in [0.717, 1.165) is 62.8 Å². The molecule has 1 aliphatic heterocycles. The Hall–Kier alpha value is -2.52. The molecule has 8 nitrogen and oxygen atoms in total. The van der Waals surface area contributed by atoms with E-state index in [2.05, 4.69) is 54.4 Å². The van der Waals surface area contributed by atoms with Crippen molar-refractivity contribution in [3.8, 4) is 0 Å². The third-order valence-electron chi connectivity index (χ3n) is 6.45. The summed E-state index contributed by atoms with van der Waals surface area (Å²) in [5, 5.41) is 7.57. The van der Waals surface area contributed by atoms with Gasteiger partial charge in [0.05, 0.1) is 16.4 Å². The average molecular weight is 498 g/mol. The summed E-state index contributed by atoms with van der Waals surface area (Å²) in [6.45, 7) is 5.18. The van der Waals surface area contributed by atoms with Gasteiger partial charge in [0.1, 0.15) is 11.5 Å². The van der Waals surface area contributed by atoms with Gasteiger partial charge in [-0.1, -0.05) is 19.8 Å². The Morgan fingerprint density at radius 2 is 2.00 bits per heavy atom. The van der Waals surface area contributed by atoms with Crippen LogP contribution in [-0.2, 0) is 0 Å². The lowest BCUT2D eigenvalue weighted by Gasteiger charge is -2.19. The fraction of sp³-hybridized carbons (Fsp3) is 0.478. The summed E-state index contributed by atoms with van der Waals surface area (Å²) in [5.74, 6) is 1.13. The Morgan fingerprint density at radius 1 is 1.16 bits per heavy atom. The van der Waals surface area contributed by atoms with Crippen LogP contribution in [0.4, 0.5) is 17.5 Å². The van der Waals surface area contributed by atoms with Crippen molar-refractivity contribution < 1.29 is 0 Å². The van der Waals surface area contributed by atoms with Crippen LogP contribution >= 0.6 is 15.9 Å². The molecule has 1 saturated heterocycles. The predicted octanol–water partition coefficient (Wildman–Crippen LogP) is 4.00. The lowest BCUT2D eigenvalue weighted by Crippen LogP contribution is -2.32. The minimum Gasteiger partial charge on any atom is -0.369 e. The van der Waals surface area contributed by atoms with Crippen molar-refractivity contribution in [3.05, 3.63) is 45.4 Å². The largest absolute Gasteiger partial charge is 0.369 e. The molecule has 32 heavy (non-hydrogen) atoms. The second-order valence-electron chi connectivity index (χ2n) is 8.59. The highest BCUT2D eigenvalue weighted by Crippen LogP contribution is 2.31. The molecule has 1 unspecified atom stereocenters. The van der Waals surface area contributed by atoms with Crippen molar-refractivity contribution in [3.63, 3.8) is 0 Å². The van der Waals surface area contributed by atoms with Crippen molar-refractivity contribution in [1.29, 1.82) is 0 Å². The van der Waals surface area contributed by atoms with Gasteiger partial charge in [0.15, 0.2) is 0 Å². The zero-order valence-corrected chi connectivity index (χ0v) is 19.8. The van der Waals surface area contributed by atoms with Crippen LogP contribution in [0.5, 0.6) is 0 Å². The zero-order valence-electron chi connectivity index (χ0n) is 18.2. The zero-order chi connectivity index (χ0) is 22.1. The van der Waals surface area contributed by atoms with Crippen LogP contribution in [-0.4, -0.2) is 45.2 Å². The number of pyridine rings is 2. The summed E-state index contributed by atoms with van der Waals surface area (Å²) < 4.78 is 2.39. The highest BCUT2D eigenvalue weighted by Gasteiger charge is 2.23. The third-order valence-corrected chi connectivity index (χ3v) is 7.02. The normalized spacial score (nSPS) is 19.2. The smallest absolute Gasteiger partial charge is 0.266 e. The number of anilines is 3. The molecule has 1 atom stereocenters. The van der Waals surface area contributed by atoms with Crippen LogP contribution in [0.2, 0.25) is 0 Å². The van der Waals surface area contributed by atoms with Gasteiger partial charge < -0.3 is 15.5 Å². The summed E-state index contributed by atoms with van der Waals surface area (Å²) in [6, 6.07) is 6.57. The monoisotopic (exact) mass is 497 g/mol. The molecule has 2 aliphatic rings. The second-order valence-corrected chi connectivity index (χ2v) is 9.45. The van der Waals surface area contributed by atoms with Gasteiger partial charge in [-0.25, -0.2) is 9.97 Å². The number of fused-ring (bicyclic) bond motifs is 1. The van der Waals surface area contributed by atoms with Gasteiger partial charge in [0.2, 0.25) is 5.95 Å². The van der Waals surface area contributed by atoms with Gasteiger partial charge in [-0.3, -0.25) is 9.36 Å². The molecule has 0 aromatic carbocycles. The fourth-order valence-corrected chi connectivity index (χ4v) is 5.30. The number of rotatable bonds is 6. The summed E-state index contributed by atoms with van der Waals surface area (Å²) in [5.41, 5.74) is 1.76. The summed E-state index contributed by atoms with van der Waals surface area (Å²) in [6.07, 6.45) is 9.10. The molecule has 0 amide bonds. The van der Waals surface area contributed by atoms with Crippen LogP contribution in [0.1, 0.15) is 45.1 Å². The van der Waals surface area contributed by atoms with Gasteiger partial charge >= 0.3 is 0 Å². The number of aromatic nitrogens is 4. The van der Waals surface area contributed by atoms with Crippen LogP contribution in [0, 0.1) is 0 Å². The lowest BCUT2D eigenvalue weighted by molar-refractivity contribution is 0.514. The van der Waals surface area contributed by atoms with E-state index in [4.69, 9.17) is 4.98 Å². The summed E-state index contributed by atoms with van der Waals surface area (Å²) >= 11 is 3.41. The maximum Gasteiger partial charge on any atom is 0.266 e. The van der Waals surface area contributed by atoms with Crippen molar-refractivity contribution in [2.75, 3.05) is 29.9 Å². The molecule has 2 fully saturated rings. The first-order valence-corrected chi connectivity index (χ1v) is 12.2. The lowest BCUT2D eigenvalue weighted by atomic mass is 10.2. The van der Waals surface area contributed by atoms with E-state index in [1.54, 1.807) is 12.3 Å². The number of likely N-dealkylation sites (N-methyl/N-ethyl adjacent to an activating group) is 1. The highest BCUT2D eigenvalue weighted by atomic mass is 79.9. The molecular weight excluding hydrogens is 470 g/mol. The summed E-state index contributed by atoms with van der Waals surface area (Å²) in [7, 11) is 0. The molecule has 2 N–H and O–H groups in total. The van der Waals surface area contributed by atoms with Crippen molar-refractivity contribution in [2.45, 2.75) is 51.1 Å². The van der Waals surface area contributed by atoms with E-state index in [-0.39, 0.29) is 11.6 Å². The average Bonchev–Trinajstić information content (AvgIpc) is 3.48. The van der Waals surface area contributed by atoms with Gasteiger partial charge in [0, 0.05) is 36.8 Å². The van der Waals surface area contributed by atoms with Gasteiger partial charge in [-0.15, -0.1) is 0 Å². The third kappa shape index (κ3) is 4.23. The number of halogens is 1. The van der Waals surface area contributed by atoms with Crippen molar-refractivity contribution in [1.82, 2.24) is 24.8 Å². The van der Waals surface area contributed by atoms with E-state index in [9.17, 15) is 4.79 Å². The minimum atomic E-state index is -0.0296. The molecule has 1 saturated carbocycles. The Morgan fingerprint density at radius 3 is 2.75 bits per heavy atom. The van der Waals surface area contributed by atoms with Crippen LogP contribution in [0.15, 0.2) is 39.9 Å². The molecule has 4 heterocycles. The molecule has 1 aliphatic carbocycles. The Bertz CT molecular complexity index is 1160. The Balaban J connectivity index is 1.38. The number of hydrogen-bond donors (Lipinski definition) is 2. The second kappa shape index (κ2) is 9.15. The maximum atomic E-state index is 12.9. The number of nitrogens with zero attached hydrogens (tertiary/aromatic N) is 5. The first kappa shape index (κ1) is 21.3. The molecule has 0 spiro atoms. The first-order chi connectivity index (χ1) is 15.6. The van der Waals surface area contributed by atoms with E-state index < -0.39 is 0 Å². The Labute approximate surface area is 195 Å². The number of nitrogens with one attached hydrogen (secondary N) is 2. The fourth-order valence-electron chi connectivity index (χ4n) is 4.86. The maximum absolute atomic E-state index is 12.9. The Kier molecular flexibility index (Phi) is 6.10. The van der Waals surface area contributed by atoms with E-state index in [1.807, 2.05) is 16.8 Å². The van der Waals surface area contributed by atoms with Gasteiger partial charge in [-0.05, 0) is 59.9 Å². The summed E-state index contributed by atoms with van der Waals surface area (Å²) in [4.78, 5) is 29.0. The van der Waals surface area contributed by atoms with E-state index in [1.165, 1.54) is 0 Å². The van der Waals surface area contributed by atoms with Crippen molar-refractivity contribution >= 4 is 44.4 Å². The molecule has 0 bridgehead atoms. The quantitative estimate of drug-likeness (QED) is 0.531. The number of hydrogen-bond acceptors (Lipinski definition) is 7. The molecule has 168 valence electrons. The molecule has 3 aromatic rings. The molecule has 9 heteroatoms. The first-order valence-electron chi connectivity index (χ1n) is 11.4. The molecule has 5 rings (SSSR count). The highest BCUT2D eigenvalue weighted by molar-refractivity contribution is 9.10. The van der Waals surface area contributed by atoms with Crippen LogP contribution in [0.25, 0.3) is 11.0 Å². The van der Waals surface area contributed by atoms with Gasteiger partial charge in [0.25, 0.3) is 5.56 Å². The van der Waals surface area contributed by atoms with E-state index >= 15 is 0 Å².